The minimum atomic E-state index is -3.80. The molecule has 1 saturated heterocycles. The highest BCUT2D eigenvalue weighted by Gasteiger charge is 2.27. The lowest BCUT2D eigenvalue weighted by Gasteiger charge is -2.31. The first-order chi connectivity index (χ1) is 14.1. The molecule has 0 bridgehead atoms. The normalized spacial score (nSPS) is 16.4. The van der Waals surface area contributed by atoms with Crippen molar-refractivity contribution >= 4 is 20.9 Å². The third-order valence-electron chi connectivity index (χ3n) is 5.26. The fraction of sp³-hybridized carbons (Fsp3) is 0.286. The SMILES string of the molecule is COc1ccc(C(C#N)N2CCNCC2)c2ccn(S(=O)(=O)c3ccccc3)c12. The minimum absolute atomic E-state index is 0.198. The Balaban J connectivity index is 1.90. The molecule has 150 valence electrons. The van der Waals surface area contributed by atoms with Gasteiger partial charge in [0.25, 0.3) is 10.0 Å². The molecule has 0 aliphatic carbocycles. The quantitative estimate of drug-likeness (QED) is 0.695. The van der Waals surface area contributed by atoms with Crippen molar-refractivity contribution in [2.45, 2.75) is 10.9 Å². The van der Waals surface area contributed by atoms with Crippen molar-refractivity contribution in [1.29, 1.82) is 5.26 Å². The largest absolute Gasteiger partial charge is 0.495 e. The Bertz CT molecular complexity index is 1160. The summed E-state index contributed by atoms with van der Waals surface area (Å²) >= 11 is 0. The van der Waals surface area contributed by atoms with Gasteiger partial charge in [0.05, 0.1) is 18.1 Å². The van der Waals surface area contributed by atoms with E-state index in [0.29, 0.717) is 16.7 Å². The molecular formula is C21H22N4O3S. The predicted octanol–water partition coefficient (Wildman–Crippen LogP) is 2.36. The second-order valence-electron chi connectivity index (χ2n) is 6.87. The van der Waals surface area contributed by atoms with E-state index in [2.05, 4.69) is 16.3 Å². The summed E-state index contributed by atoms with van der Waals surface area (Å²) in [5.74, 6) is 0.449. The molecule has 1 N–H and O–H groups in total. The van der Waals surface area contributed by atoms with E-state index in [1.54, 1.807) is 42.5 Å². The molecule has 4 rings (SSSR count). The van der Waals surface area contributed by atoms with E-state index in [1.165, 1.54) is 17.3 Å². The number of nitrogens with zero attached hydrogens (tertiary/aromatic N) is 3. The van der Waals surface area contributed by atoms with E-state index in [9.17, 15) is 13.7 Å². The number of benzene rings is 2. The van der Waals surface area contributed by atoms with E-state index in [-0.39, 0.29) is 4.90 Å². The van der Waals surface area contributed by atoms with Gasteiger partial charge in [-0.2, -0.15) is 5.26 Å². The number of rotatable bonds is 5. The van der Waals surface area contributed by atoms with Crippen molar-refractivity contribution in [3.8, 4) is 11.8 Å². The van der Waals surface area contributed by atoms with E-state index < -0.39 is 16.1 Å². The summed E-state index contributed by atoms with van der Waals surface area (Å²) in [7, 11) is -2.29. The first-order valence-electron chi connectivity index (χ1n) is 9.41. The Hall–Kier alpha value is -2.86. The Labute approximate surface area is 170 Å². The molecule has 8 heteroatoms. The number of hydrogen-bond donors (Lipinski definition) is 1. The van der Waals surface area contributed by atoms with Gasteiger partial charge in [0.2, 0.25) is 0 Å². The molecule has 0 radical (unpaired) electrons. The molecule has 2 aromatic carbocycles. The molecule has 29 heavy (non-hydrogen) atoms. The van der Waals surface area contributed by atoms with E-state index in [1.807, 2.05) is 6.07 Å². The lowest BCUT2D eigenvalue weighted by molar-refractivity contribution is 0.208. The van der Waals surface area contributed by atoms with Gasteiger partial charge < -0.3 is 10.1 Å². The maximum Gasteiger partial charge on any atom is 0.268 e. The zero-order valence-electron chi connectivity index (χ0n) is 16.1. The maximum atomic E-state index is 13.3. The van der Waals surface area contributed by atoms with Crippen molar-refractivity contribution in [3.63, 3.8) is 0 Å². The molecule has 1 unspecified atom stereocenters. The van der Waals surface area contributed by atoms with Gasteiger partial charge in [0, 0.05) is 37.8 Å². The van der Waals surface area contributed by atoms with Crippen LogP contribution in [0, 0.1) is 11.3 Å². The number of ether oxygens (including phenoxy) is 1. The van der Waals surface area contributed by atoms with Crippen LogP contribution >= 0.6 is 0 Å². The van der Waals surface area contributed by atoms with Crippen LogP contribution in [0.2, 0.25) is 0 Å². The average molecular weight is 410 g/mol. The molecule has 1 aromatic heterocycles. The minimum Gasteiger partial charge on any atom is -0.495 e. The third kappa shape index (κ3) is 3.38. The van der Waals surface area contributed by atoms with Crippen LogP contribution in [0.25, 0.3) is 10.9 Å². The van der Waals surface area contributed by atoms with Gasteiger partial charge >= 0.3 is 0 Å². The van der Waals surface area contributed by atoms with Crippen LogP contribution in [0.15, 0.2) is 59.6 Å². The Morgan fingerprint density at radius 3 is 2.48 bits per heavy atom. The van der Waals surface area contributed by atoms with Crippen LogP contribution < -0.4 is 10.1 Å². The van der Waals surface area contributed by atoms with Gasteiger partial charge in [-0.3, -0.25) is 4.90 Å². The summed E-state index contributed by atoms with van der Waals surface area (Å²) in [6.07, 6.45) is 1.53. The van der Waals surface area contributed by atoms with Gasteiger partial charge in [0.15, 0.2) is 0 Å². The number of piperazine rings is 1. The van der Waals surface area contributed by atoms with Gasteiger partial charge in [-0.05, 0) is 29.8 Å². The van der Waals surface area contributed by atoms with Crippen molar-refractivity contribution in [1.82, 2.24) is 14.2 Å². The van der Waals surface area contributed by atoms with Crippen LogP contribution in [0.1, 0.15) is 11.6 Å². The highest BCUT2D eigenvalue weighted by atomic mass is 32.2. The molecule has 7 nitrogen and oxygen atoms in total. The number of nitriles is 1. The zero-order valence-corrected chi connectivity index (χ0v) is 16.9. The number of nitrogens with one attached hydrogen (secondary N) is 1. The number of aromatic nitrogens is 1. The average Bonchev–Trinajstić information content (AvgIpc) is 3.22. The van der Waals surface area contributed by atoms with Crippen molar-refractivity contribution in [2.75, 3.05) is 33.3 Å². The highest BCUT2D eigenvalue weighted by Crippen LogP contribution is 2.36. The summed E-state index contributed by atoms with van der Waals surface area (Å²) < 4.78 is 33.2. The summed E-state index contributed by atoms with van der Waals surface area (Å²) in [6.45, 7) is 3.16. The fourth-order valence-electron chi connectivity index (χ4n) is 3.82. The molecule has 1 fully saturated rings. The van der Waals surface area contributed by atoms with E-state index >= 15 is 0 Å². The Morgan fingerprint density at radius 2 is 1.83 bits per heavy atom. The first kappa shape index (κ1) is 19.5. The summed E-state index contributed by atoms with van der Waals surface area (Å²) in [5, 5.41) is 13.9. The summed E-state index contributed by atoms with van der Waals surface area (Å²) in [6, 6.07) is 15.6. The fourth-order valence-corrected chi connectivity index (χ4v) is 5.20. The smallest absolute Gasteiger partial charge is 0.268 e. The monoisotopic (exact) mass is 410 g/mol. The van der Waals surface area contributed by atoms with Crippen LogP contribution in [-0.2, 0) is 10.0 Å². The number of fused-ring (bicyclic) bond motifs is 1. The molecule has 1 aliphatic heterocycles. The molecule has 0 spiro atoms. The van der Waals surface area contributed by atoms with Crippen molar-refractivity contribution in [2.24, 2.45) is 0 Å². The first-order valence-corrected chi connectivity index (χ1v) is 10.8. The van der Waals surface area contributed by atoms with E-state index in [0.717, 1.165) is 31.7 Å². The molecular weight excluding hydrogens is 388 g/mol. The number of methoxy groups -OCH3 is 1. The third-order valence-corrected chi connectivity index (χ3v) is 6.95. The molecule has 1 aliphatic rings. The van der Waals surface area contributed by atoms with Gasteiger partial charge in [0.1, 0.15) is 17.3 Å². The molecule has 3 aromatic rings. The lowest BCUT2D eigenvalue weighted by Crippen LogP contribution is -2.44. The van der Waals surface area contributed by atoms with Crippen LogP contribution in [0.5, 0.6) is 5.75 Å². The molecule has 0 amide bonds. The predicted molar refractivity (Wildman–Crippen MR) is 110 cm³/mol. The lowest BCUT2D eigenvalue weighted by atomic mass is 10.0. The number of hydrogen-bond acceptors (Lipinski definition) is 6. The zero-order chi connectivity index (χ0) is 20.4. The summed E-state index contributed by atoms with van der Waals surface area (Å²) in [4.78, 5) is 2.31. The van der Waals surface area contributed by atoms with Crippen molar-refractivity contribution in [3.05, 3.63) is 60.3 Å². The topological polar surface area (TPSA) is 87.4 Å². The highest BCUT2D eigenvalue weighted by molar-refractivity contribution is 7.90. The van der Waals surface area contributed by atoms with Crippen LogP contribution in [-0.4, -0.2) is 50.6 Å². The summed E-state index contributed by atoms with van der Waals surface area (Å²) in [5.41, 5.74) is 1.23. The second-order valence-corrected chi connectivity index (χ2v) is 8.68. The second kappa shape index (κ2) is 7.87. The van der Waals surface area contributed by atoms with E-state index in [4.69, 9.17) is 4.74 Å². The standard InChI is InChI=1S/C21H22N4O3S/c1-28-20-8-7-17(19(15-22)24-13-10-23-11-14-24)18-9-12-25(21(18)20)29(26,27)16-5-3-2-4-6-16/h2-9,12,19,23H,10-11,13-14H2,1H3. The molecule has 2 heterocycles. The molecule has 0 saturated carbocycles. The van der Waals surface area contributed by atoms with Crippen LogP contribution in [0.3, 0.4) is 0 Å². The van der Waals surface area contributed by atoms with Gasteiger partial charge in [-0.1, -0.05) is 24.3 Å². The van der Waals surface area contributed by atoms with Gasteiger partial charge in [-0.15, -0.1) is 0 Å². The van der Waals surface area contributed by atoms with Gasteiger partial charge in [-0.25, -0.2) is 12.4 Å². The van der Waals surface area contributed by atoms with Crippen molar-refractivity contribution < 1.29 is 13.2 Å². The Kier molecular flexibility index (Phi) is 5.28. The maximum absolute atomic E-state index is 13.3. The van der Waals surface area contributed by atoms with Crippen LogP contribution in [0.4, 0.5) is 0 Å². The molecule has 1 atom stereocenters. The Morgan fingerprint density at radius 1 is 1.10 bits per heavy atom.